The quantitative estimate of drug-likeness (QED) is 0.758. The van der Waals surface area contributed by atoms with Crippen molar-refractivity contribution in [1.29, 1.82) is 0 Å². The maximum atomic E-state index is 12.5. The molecule has 2 aliphatic rings. The molecule has 1 saturated carbocycles. The summed E-state index contributed by atoms with van der Waals surface area (Å²) in [4.78, 5) is 12.5. The molecule has 0 aromatic rings. The fourth-order valence-electron chi connectivity index (χ4n) is 3.09. The van der Waals surface area contributed by atoms with Crippen LogP contribution in [0, 0.1) is 5.92 Å². The maximum absolute atomic E-state index is 12.5. The van der Waals surface area contributed by atoms with Gasteiger partial charge >= 0.3 is 0 Å². The van der Waals surface area contributed by atoms with Gasteiger partial charge in [-0.2, -0.15) is 0 Å². The average molecular weight is 240 g/mol. The van der Waals surface area contributed by atoms with Gasteiger partial charge < -0.3 is 9.47 Å². The molecule has 1 heterocycles. The summed E-state index contributed by atoms with van der Waals surface area (Å²) in [5.41, 5.74) is -0.595. The third kappa shape index (κ3) is 2.55. The molecule has 0 aromatic carbocycles. The molecule has 1 saturated heterocycles. The smallest absolute Gasteiger partial charge is 0.167 e. The number of ketones is 1. The highest BCUT2D eigenvalue weighted by Crippen LogP contribution is 2.45. The molecular weight excluding hydrogens is 216 g/mol. The van der Waals surface area contributed by atoms with Crippen LogP contribution in [0.4, 0.5) is 0 Å². The lowest BCUT2D eigenvalue weighted by Crippen LogP contribution is -2.50. The van der Waals surface area contributed by atoms with E-state index in [1.54, 1.807) is 0 Å². The molecule has 0 bridgehead atoms. The molecule has 0 N–H and O–H groups in total. The zero-order valence-corrected chi connectivity index (χ0v) is 11.3. The van der Waals surface area contributed by atoms with Gasteiger partial charge in [0.15, 0.2) is 5.78 Å². The Labute approximate surface area is 104 Å². The van der Waals surface area contributed by atoms with Crippen molar-refractivity contribution >= 4 is 5.78 Å². The van der Waals surface area contributed by atoms with Gasteiger partial charge in [-0.05, 0) is 52.9 Å². The average Bonchev–Trinajstić information content (AvgIpc) is 2.26. The van der Waals surface area contributed by atoms with Crippen LogP contribution < -0.4 is 0 Å². The fourth-order valence-corrected chi connectivity index (χ4v) is 3.09. The SMILES string of the molecule is CCOC(C)(C)C(=O)C1CCOC2(CCC2)C1. The Morgan fingerprint density at radius 3 is 2.71 bits per heavy atom. The van der Waals surface area contributed by atoms with Crippen LogP contribution in [0.2, 0.25) is 0 Å². The van der Waals surface area contributed by atoms with Gasteiger partial charge in [0.05, 0.1) is 5.60 Å². The monoisotopic (exact) mass is 240 g/mol. The van der Waals surface area contributed by atoms with Crippen molar-refractivity contribution in [3.8, 4) is 0 Å². The summed E-state index contributed by atoms with van der Waals surface area (Å²) >= 11 is 0. The summed E-state index contributed by atoms with van der Waals surface area (Å²) < 4.78 is 11.4. The Balaban J connectivity index is 1.99. The molecule has 1 aliphatic heterocycles. The van der Waals surface area contributed by atoms with Crippen molar-refractivity contribution in [2.24, 2.45) is 5.92 Å². The summed E-state index contributed by atoms with van der Waals surface area (Å²) in [6, 6.07) is 0. The first-order valence-corrected chi connectivity index (χ1v) is 6.81. The number of rotatable bonds is 4. The van der Waals surface area contributed by atoms with Crippen molar-refractivity contribution in [2.45, 2.75) is 64.1 Å². The van der Waals surface area contributed by atoms with E-state index >= 15 is 0 Å². The minimum absolute atomic E-state index is 0.0425. The van der Waals surface area contributed by atoms with Crippen LogP contribution in [0.5, 0.6) is 0 Å². The number of ether oxygens (including phenoxy) is 2. The Kier molecular flexibility index (Phi) is 3.60. The van der Waals surface area contributed by atoms with Gasteiger partial charge in [0.25, 0.3) is 0 Å². The summed E-state index contributed by atoms with van der Waals surface area (Å²) in [6.07, 6.45) is 5.27. The van der Waals surface area contributed by atoms with Crippen molar-refractivity contribution < 1.29 is 14.3 Å². The van der Waals surface area contributed by atoms with Crippen LogP contribution in [0.15, 0.2) is 0 Å². The topological polar surface area (TPSA) is 35.5 Å². The van der Waals surface area contributed by atoms with Crippen LogP contribution in [0.25, 0.3) is 0 Å². The van der Waals surface area contributed by atoms with E-state index in [-0.39, 0.29) is 17.3 Å². The van der Waals surface area contributed by atoms with E-state index in [1.807, 2.05) is 20.8 Å². The van der Waals surface area contributed by atoms with Gasteiger partial charge in [0.1, 0.15) is 5.60 Å². The van der Waals surface area contributed by atoms with Gasteiger partial charge in [-0.3, -0.25) is 4.79 Å². The molecule has 1 spiro atoms. The zero-order chi connectivity index (χ0) is 12.5. The third-order valence-electron chi connectivity index (χ3n) is 4.23. The summed E-state index contributed by atoms with van der Waals surface area (Å²) in [5, 5.41) is 0. The second-order valence-electron chi connectivity index (χ2n) is 5.88. The lowest BCUT2D eigenvalue weighted by molar-refractivity contribution is -0.167. The van der Waals surface area contributed by atoms with Gasteiger partial charge in [0.2, 0.25) is 0 Å². The lowest BCUT2D eigenvalue weighted by atomic mass is 9.70. The molecule has 2 fully saturated rings. The molecule has 2 rings (SSSR count). The largest absolute Gasteiger partial charge is 0.375 e. The molecule has 0 amide bonds. The van der Waals surface area contributed by atoms with Gasteiger partial charge in [-0.1, -0.05) is 0 Å². The van der Waals surface area contributed by atoms with Crippen LogP contribution in [0.1, 0.15) is 52.9 Å². The number of carbonyl (C=O) groups is 1. The molecule has 3 nitrogen and oxygen atoms in total. The van der Waals surface area contributed by atoms with Crippen molar-refractivity contribution in [3.63, 3.8) is 0 Å². The summed E-state index contributed by atoms with van der Waals surface area (Å²) in [6.45, 7) is 7.04. The Morgan fingerprint density at radius 1 is 1.47 bits per heavy atom. The number of Topliss-reactive ketones (excluding diaryl/α,β-unsaturated/α-hetero) is 1. The lowest BCUT2D eigenvalue weighted by Gasteiger charge is -2.47. The van der Waals surface area contributed by atoms with Crippen LogP contribution >= 0.6 is 0 Å². The minimum atomic E-state index is -0.637. The second-order valence-corrected chi connectivity index (χ2v) is 5.88. The van der Waals surface area contributed by atoms with Crippen molar-refractivity contribution in [1.82, 2.24) is 0 Å². The molecule has 1 unspecified atom stereocenters. The normalized spacial score (nSPS) is 27.8. The molecule has 0 aromatic heterocycles. The predicted octanol–water partition coefficient (Wildman–Crippen LogP) is 2.72. The molecule has 17 heavy (non-hydrogen) atoms. The van der Waals surface area contributed by atoms with Gasteiger partial charge in [-0.15, -0.1) is 0 Å². The fraction of sp³-hybridized carbons (Fsp3) is 0.929. The zero-order valence-electron chi connectivity index (χ0n) is 11.3. The number of carbonyl (C=O) groups excluding carboxylic acids is 1. The summed E-state index contributed by atoms with van der Waals surface area (Å²) in [5.74, 6) is 0.388. The van der Waals surface area contributed by atoms with Crippen molar-refractivity contribution in [2.75, 3.05) is 13.2 Å². The van der Waals surface area contributed by atoms with E-state index in [0.717, 1.165) is 32.3 Å². The van der Waals surface area contributed by atoms with E-state index in [4.69, 9.17) is 9.47 Å². The molecule has 3 heteroatoms. The maximum Gasteiger partial charge on any atom is 0.167 e. The number of hydrogen-bond acceptors (Lipinski definition) is 3. The molecule has 98 valence electrons. The molecule has 0 radical (unpaired) electrons. The molecular formula is C14H24O3. The highest BCUT2D eigenvalue weighted by atomic mass is 16.5. The molecule has 1 atom stereocenters. The number of hydrogen-bond donors (Lipinski definition) is 0. The standard InChI is InChI=1S/C14H24O3/c1-4-16-13(2,3)12(15)11-6-9-17-14(10-11)7-5-8-14/h11H,4-10H2,1-3H3. The van der Waals surface area contributed by atoms with Crippen LogP contribution in [-0.4, -0.2) is 30.2 Å². The highest BCUT2D eigenvalue weighted by molar-refractivity contribution is 5.88. The first-order chi connectivity index (χ1) is 7.99. The van der Waals surface area contributed by atoms with E-state index < -0.39 is 5.60 Å². The van der Waals surface area contributed by atoms with E-state index in [9.17, 15) is 4.79 Å². The van der Waals surface area contributed by atoms with E-state index in [2.05, 4.69) is 0 Å². The van der Waals surface area contributed by atoms with Crippen LogP contribution in [-0.2, 0) is 14.3 Å². The first kappa shape index (κ1) is 13.0. The Morgan fingerprint density at radius 2 is 2.18 bits per heavy atom. The van der Waals surface area contributed by atoms with E-state index in [1.165, 1.54) is 6.42 Å². The van der Waals surface area contributed by atoms with Gasteiger partial charge in [-0.25, -0.2) is 0 Å². The van der Waals surface area contributed by atoms with E-state index in [0.29, 0.717) is 6.61 Å². The van der Waals surface area contributed by atoms with Crippen molar-refractivity contribution in [3.05, 3.63) is 0 Å². The third-order valence-corrected chi connectivity index (χ3v) is 4.23. The first-order valence-electron chi connectivity index (χ1n) is 6.81. The van der Waals surface area contributed by atoms with Gasteiger partial charge in [0, 0.05) is 19.1 Å². The predicted molar refractivity (Wildman–Crippen MR) is 66.0 cm³/mol. The Bertz CT molecular complexity index is 292. The Hall–Kier alpha value is -0.410. The minimum Gasteiger partial charge on any atom is -0.375 e. The van der Waals surface area contributed by atoms with Crippen LogP contribution in [0.3, 0.4) is 0 Å². The second kappa shape index (κ2) is 4.69. The molecule has 1 aliphatic carbocycles. The summed E-state index contributed by atoms with van der Waals surface area (Å²) in [7, 11) is 0. The highest BCUT2D eigenvalue weighted by Gasteiger charge is 2.46.